The van der Waals surface area contributed by atoms with Gasteiger partial charge in [-0.2, -0.15) is 0 Å². The second kappa shape index (κ2) is 6.12. The Labute approximate surface area is 119 Å². The topological polar surface area (TPSA) is 55.8 Å². The van der Waals surface area contributed by atoms with E-state index in [1.165, 1.54) is 19.3 Å². The lowest BCUT2D eigenvalue weighted by Crippen LogP contribution is -2.50. The van der Waals surface area contributed by atoms with Crippen LogP contribution in [0.5, 0.6) is 0 Å². The number of ether oxygens (including phenoxy) is 2. The molecule has 112 valence electrons. The molecule has 0 unspecified atom stereocenters. The first-order valence-electron chi connectivity index (χ1n) is 7.75. The maximum Gasteiger partial charge on any atom is 0.306 e. The molecule has 5 heteroatoms. The van der Waals surface area contributed by atoms with Gasteiger partial charge in [0, 0.05) is 18.9 Å². The van der Waals surface area contributed by atoms with Crippen molar-refractivity contribution in [1.29, 1.82) is 0 Å². The molecular formula is C15H23NO4. The first-order chi connectivity index (χ1) is 9.72. The average Bonchev–Trinajstić information content (AvgIpc) is 2.80. The Morgan fingerprint density at radius 3 is 2.75 bits per heavy atom. The first-order valence-corrected chi connectivity index (χ1v) is 7.75. The van der Waals surface area contributed by atoms with Crippen molar-refractivity contribution in [2.75, 3.05) is 26.4 Å². The number of carbonyl (C=O) groups excluding carboxylic acids is 2. The fourth-order valence-electron chi connectivity index (χ4n) is 3.35. The first kappa shape index (κ1) is 13.9. The molecule has 2 saturated heterocycles. The van der Waals surface area contributed by atoms with Gasteiger partial charge in [-0.1, -0.05) is 19.3 Å². The third-order valence-corrected chi connectivity index (χ3v) is 4.78. The normalized spacial score (nSPS) is 31.0. The highest BCUT2D eigenvalue weighted by atomic mass is 16.5. The van der Waals surface area contributed by atoms with E-state index in [-0.39, 0.29) is 23.8 Å². The van der Waals surface area contributed by atoms with Crippen molar-refractivity contribution in [2.24, 2.45) is 11.8 Å². The summed E-state index contributed by atoms with van der Waals surface area (Å²) in [6.07, 6.45) is 5.82. The number of rotatable bonds is 4. The molecule has 3 rings (SSSR count). The third-order valence-electron chi connectivity index (χ3n) is 4.78. The van der Waals surface area contributed by atoms with Gasteiger partial charge in [-0.25, -0.2) is 0 Å². The maximum absolute atomic E-state index is 12.5. The van der Waals surface area contributed by atoms with Gasteiger partial charge in [0.05, 0.1) is 32.3 Å². The van der Waals surface area contributed by atoms with Crippen molar-refractivity contribution in [3.05, 3.63) is 0 Å². The van der Waals surface area contributed by atoms with Gasteiger partial charge < -0.3 is 14.4 Å². The SMILES string of the molecule is O=C1C[C@@H](CC(=O)N2CCOC[C@H]2CC2CCC2)CO1. The summed E-state index contributed by atoms with van der Waals surface area (Å²) in [4.78, 5) is 25.6. The molecule has 0 aromatic carbocycles. The highest BCUT2D eigenvalue weighted by Crippen LogP contribution is 2.32. The number of carbonyl (C=O) groups is 2. The number of nitrogens with zero attached hydrogens (tertiary/aromatic N) is 1. The van der Waals surface area contributed by atoms with Gasteiger partial charge in [-0.05, 0) is 12.3 Å². The molecule has 1 aliphatic carbocycles. The molecule has 2 atom stereocenters. The predicted octanol–water partition coefficient (Wildman–Crippen LogP) is 1.36. The van der Waals surface area contributed by atoms with Gasteiger partial charge in [0.15, 0.2) is 0 Å². The van der Waals surface area contributed by atoms with Gasteiger partial charge in [0.2, 0.25) is 5.91 Å². The molecule has 1 saturated carbocycles. The summed E-state index contributed by atoms with van der Waals surface area (Å²) in [5.41, 5.74) is 0. The lowest BCUT2D eigenvalue weighted by atomic mass is 9.80. The van der Waals surface area contributed by atoms with E-state index in [1.54, 1.807) is 0 Å². The molecular weight excluding hydrogens is 258 g/mol. The summed E-state index contributed by atoms with van der Waals surface area (Å²) >= 11 is 0. The molecule has 0 spiro atoms. The largest absolute Gasteiger partial charge is 0.465 e. The van der Waals surface area contributed by atoms with E-state index < -0.39 is 0 Å². The summed E-state index contributed by atoms with van der Waals surface area (Å²) in [7, 11) is 0. The minimum absolute atomic E-state index is 0.0715. The summed E-state index contributed by atoms with van der Waals surface area (Å²) in [5.74, 6) is 0.840. The quantitative estimate of drug-likeness (QED) is 0.730. The molecule has 0 aromatic heterocycles. The zero-order valence-electron chi connectivity index (χ0n) is 11.9. The zero-order valence-corrected chi connectivity index (χ0v) is 11.9. The van der Waals surface area contributed by atoms with Crippen LogP contribution in [0, 0.1) is 11.8 Å². The van der Waals surface area contributed by atoms with E-state index >= 15 is 0 Å². The summed E-state index contributed by atoms with van der Waals surface area (Å²) in [6, 6.07) is 0.236. The van der Waals surface area contributed by atoms with Crippen LogP contribution < -0.4 is 0 Å². The minimum Gasteiger partial charge on any atom is -0.465 e. The van der Waals surface area contributed by atoms with Crippen LogP contribution in [0.15, 0.2) is 0 Å². The standard InChI is InChI=1S/C15H23NO4/c17-14(7-12-8-15(18)20-9-12)16-4-5-19-10-13(16)6-11-2-1-3-11/h11-13H,1-10H2/t12-,13-/m1/s1. The molecule has 5 nitrogen and oxygen atoms in total. The van der Waals surface area contributed by atoms with Crippen LogP contribution in [-0.2, 0) is 19.1 Å². The average molecular weight is 281 g/mol. The lowest BCUT2D eigenvalue weighted by Gasteiger charge is -2.39. The van der Waals surface area contributed by atoms with Gasteiger partial charge in [-0.15, -0.1) is 0 Å². The van der Waals surface area contributed by atoms with E-state index in [9.17, 15) is 9.59 Å². The van der Waals surface area contributed by atoms with Crippen LogP contribution >= 0.6 is 0 Å². The molecule has 2 heterocycles. The van der Waals surface area contributed by atoms with Crippen molar-refractivity contribution < 1.29 is 19.1 Å². The zero-order chi connectivity index (χ0) is 13.9. The Balaban J connectivity index is 1.54. The van der Waals surface area contributed by atoms with E-state index in [0.717, 1.165) is 12.3 Å². The Morgan fingerprint density at radius 2 is 2.10 bits per heavy atom. The van der Waals surface area contributed by atoms with Crippen molar-refractivity contribution in [3.8, 4) is 0 Å². The number of cyclic esters (lactones) is 1. The minimum atomic E-state index is -0.171. The number of amides is 1. The molecule has 0 radical (unpaired) electrons. The van der Waals surface area contributed by atoms with Crippen LogP contribution in [0.4, 0.5) is 0 Å². The maximum atomic E-state index is 12.5. The number of hydrogen-bond donors (Lipinski definition) is 0. The predicted molar refractivity (Wildman–Crippen MR) is 72.0 cm³/mol. The third kappa shape index (κ3) is 3.14. The Kier molecular flexibility index (Phi) is 4.24. The van der Waals surface area contributed by atoms with E-state index in [2.05, 4.69) is 0 Å². The summed E-state index contributed by atoms with van der Waals surface area (Å²) in [6.45, 7) is 2.40. The van der Waals surface area contributed by atoms with Gasteiger partial charge in [-0.3, -0.25) is 9.59 Å². The molecule has 2 aliphatic heterocycles. The summed E-state index contributed by atoms with van der Waals surface area (Å²) in [5, 5.41) is 0. The van der Waals surface area contributed by atoms with E-state index in [0.29, 0.717) is 39.2 Å². The van der Waals surface area contributed by atoms with Crippen LogP contribution in [-0.4, -0.2) is 49.2 Å². The van der Waals surface area contributed by atoms with Crippen LogP contribution in [0.1, 0.15) is 38.5 Å². The van der Waals surface area contributed by atoms with Gasteiger partial charge in [0.1, 0.15) is 0 Å². The van der Waals surface area contributed by atoms with Crippen molar-refractivity contribution >= 4 is 11.9 Å². The Hall–Kier alpha value is -1.10. The lowest BCUT2D eigenvalue weighted by molar-refractivity contribution is -0.142. The van der Waals surface area contributed by atoms with E-state index in [4.69, 9.17) is 9.47 Å². The molecule has 0 N–H and O–H groups in total. The number of esters is 1. The smallest absolute Gasteiger partial charge is 0.306 e. The Morgan fingerprint density at radius 1 is 1.25 bits per heavy atom. The van der Waals surface area contributed by atoms with E-state index in [1.807, 2.05) is 4.90 Å². The number of morpholine rings is 1. The molecule has 1 amide bonds. The molecule has 20 heavy (non-hydrogen) atoms. The molecule has 0 aromatic rings. The van der Waals surface area contributed by atoms with Crippen LogP contribution in [0.2, 0.25) is 0 Å². The monoisotopic (exact) mass is 281 g/mol. The molecule has 3 fully saturated rings. The fraction of sp³-hybridized carbons (Fsp3) is 0.867. The van der Waals surface area contributed by atoms with Gasteiger partial charge in [0.25, 0.3) is 0 Å². The number of hydrogen-bond acceptors (Lipinski definition) is 4. The second-order valence-electron chi connectivity index (χ2n) is 6.31. The molecule has 3 aliphatic rings. The molecule has 0 bridgehead atoms. The fourth-order valence-corrected chi connectivity index (χ4v) is 3.35. The van der Waals surface area contributed by atoms with Crippen molar-refractivity contribution in [1.82, 2.24) is 4.90 Å². The van der Waals surface area contributed by atoms with Crippen LogP contribution in [0.3, 0.4) is 0 Å². The summed E-state index contributed by atoms with van der Waals surface area (Å²) < 4.78 is 10.5. The van der Waals surface area contributed by atoms with Crippen LogP contribution in [0.25, 0.3) is 0 Å². The highest BCUT2D eigenvalue weighted by Gasteiger charge is 2.34. The second-order valence-corrected chi connectivity index (χ2v) is 6.31. The van der Waals surface area contributed by atoms with Crippen molar-refractivity contribution in [2.45, 2.75) is 44.6 Å². The van der Waals surface area contributed by atoms with Gasteiger partial charge >= 0.3 is 5.97 Å². The van der Waals surface area contributed by atoms with Crippen molar-refractivity contribution in [3.63, 3.8) is 0 Å². The highest BCUT2D eigenvalue weighted by molar-refractivity contribution is 5.79. The Bertz CT molecular complexity index is 380.